The van der Waals surface area contributed by atoms with E-state index in [2.05, 4.69) is 0 Å². The Kier molecular flexibility index (Phi) is 2.97. The van der Waals surface area contributed by atoms with E-state index in [-0.39, 0.29) is 18.1 Å². The van der Waals surface area contributed by atoms with Gasteiger partial charge in [-0.25, -0.2) is 0 Å². The molecule has 72 valence electrons. The van der Waals surface area contributed by atoms with Crippen LogP contribution in [0, 0.1) is 0 Å². The minimum Gasteiger partial charge on any atom is -0.504 e. The molecule has 0 aliphatic rings. The van der Waals surface area contributed by atoms with Crippen LogP contribution in [0.15, 0.2) is 12.1 Å². The van der Waals surface area contributed by atoms with Crippen LogP contribution in [0.3, 0.4) is 0 Å². The first-order valence-electron chi connectivity index (χ1n) is 3.77. The van der Waals surface area contributed by atoms with Crippen LogP contribution in [0.1, 0.15) is 5.56 Å². The minimum atomic E-state index is -0.145. The van der Waals surface area contributed by atoms with Gasteiger partial charge in [-0.2, -0.15) is 0 Å². The highest BCUT2D eigenvalue weighted by molar-refractivity contribution is 5.52. The Morgan fingerprint density at radius 1 is 1.23 bits per heavy atom. The summed E-state index contributed by atoms with van der Waals surface area (Å²) >= 11 is 0. The lowest BCUT2D eigenvalue weighted by atomic mass is 10.2. The second kappa shape index (κ2) is 4.00. The molecular weight excluding hydrogens is 172 g/mol. The SMILES string of the molecule is COc1cc(CO)cc(O)c1OC. The van der Waals surface area contributed by atoms with Crippen molar-refractivity contribution >= 4 is 0 Å². The van der Waals surface area contributed by atoms with Gasteiger partial charge in [0.15, 0.2) is 11.5 Å². The summed E-state index contributed by atoms with van der Waals surface area (Å²) in [6, 6.07) is 3.04. The molecule has 0 heterocycles. The first-order chi connectivity index (χ1) is 6.22. The number of benzene rings is 1. The standard InChI is InChI=1S/C9H12O4/c1-12-8-4-6(5-10)3-7(11)9(8)13-2/h3-4,10-11H,5H2,1-2H3. The quantitative estimate of drug-likeness (QED) is 0.732. The van der Waals surface area contributed by atoms with Crippen molar-refractivity contribution in [2.24, 2.45) is 0 Å². The normalized spacial score (nSPS) is 9.77. The highest BCUT2D eigenvalue weighted by Crippen LogP contribution is 2.37. The van der Waals surface area contributed by atoms with Gasteiger partial charge in [-0.1, -0.05) is 0 Å². The predicted molar refractivity (Wildman–Crippen MR) is 47.1 cm³/mol. The van der Waals surface area contributed by atoms with Crippen LogP contribution in [0.2, 0.25) is 0 Å². The van der Waals surface area contributed by atoms with E-state index in [4.69, 9.17) is 14.6 Å². The fourth-order valence-electron chi connectivity index (χ4n) is 1.09. The molecule has 0 saturated heterocycles. The van der Waals surface area contributed by atoms with Gasteiger partial charge in [-0.3, -0.25) is 0 Å². The van der Waals surface area contributed by atoms with Crippen molar-refractivity contribution in [3.63, 3.8) is 0 Å². The average molecular weight is 184 g/mol. The van der Waals surface area contributed by atoms with Crippen LogP contribution in [0.4, 0.5) is 0 Å². The van der Waals surface area contributed by atoms with E-state index in [0.717, 1.165) is 0 Å². The van der Waals surface area contributed by atoms with E-state index >= 15 is 0 Å². The molecule has 13 heavy (non-hydrogen) atoms. The van der Waals surface area contributed by atoms with Gasteiger partial charge in [0.2, 0.25) is 5.75 Å². The summed E-state index contributed by atoms with van der Waals surface area (Å²) in [5.41, 5.74) is 0.579. The maximum atomic E-state index is 9.42. The Labute approximate surface area is 76.3 Å². The van der Waals surface area contributed by atoms with Crippen LogP contribution in [-0.2, 0) is 6.61 Å². The number of methoxy groups -OCH3 is 2. The van der Waals surface area contributed by atoms with E-state index < -0.39 is 0 Å². The molecular formula is C9H12O4. The Balaban J connectivity index is 3.20. The number of ether oxygens (including phenoxy) is 2. The topological polar surface area (TPSA) is 58.9 Å². The maximum Gasteiger partial charge on any atom is 0.203 e. The van der Waals surface area contributed by atoms with Gasteiger partial charge in [0.1, 0.15) is 0 Å². The molecule has 1 aromatic carbocycles. The number of phenolic OH excluding ortho intramolecular Hbond substituents is 1. The fourth-order valence-corrected chi connectivity index (χ4v) is 1.09. The molecule has 2 N–H and O–H groups in total. The van der Waals surface area contributed by atoms with Gasteiger partial charge in [0.25, 0.3) is 0 Å². The zero-order valence-electron chi connectivity index (χ0n) is 7.57. The van der Waals surface area contributed by atoms with Crippen LogP contribution < -0.4 is 9.47 Å². The molecule has 0 unspecified atom stereocenters. The second-order valence-corrected chi connectivity index (χ2v) is 2.51. The third-order valence-electron chi connectivity index (χ3n) is 1.70. The maximum absolute atomic E-state index is 9.42. The molecule has 0 atom stereocenters. The van der Waals surface area contributed by atoms with Crippen LogP contribution >= 0.6 is 0 Å². The number of aromatic hydroxyl groups is 1. The molecule has 0 radical (unpaired) electrons. The Morgan fingerprint density at radius 2 is 1.92 bits per heavy atom. The largest absolute Gasteiger partial charge is 0.504 e. The fraction of sp³-hybridized carbons (Fsp3) is 0.333. The molecule has 0 aromatic heterocycles. The van der Waals surface area contributed by atoms with Crippen molar-refractivity contribution in [2.45, 2.75) is 6.61 Å². The molecule has 4 nitrogen and oxygen atoms in total. The summed E-state index contributed by atoms with van der Waals surface area (Å²) in [6.07, 6.45) is 0. The molecule has 1 rings (SSSR count). The van der Waals surface area contributed by atoms with Crippen LogP contribution in [0.5, 0.6) is 17.2 Å². The van der Waals surface area contributed by atoms with Gasteiger partial charge < -0.3 is 19.7 Å². The predicted octanol–water partition coefficient (Wildman–Crippen LogP) is 0.902. The highest BCUT2D eigenvalue weighted by Gasteiger charge is 2.10. The summed E-state index contributed by atoms with van der Waals surface area (Å²) in [6.45, 7) is -0.145. The molecule has 0 bridgehead atoms. The van der Waals surface area contributed by atoms with Gasteiger partial charge >= 0.3 is 0 Å². The van der Waals surface area contributed by atoms with E-state index in [9.17, 15) is 5.11 Å². The lowest BCUT2D eigenvalue weighted by molar-refractivity contribution is 0.278. The molecule has 0 spiro atoms. The van der Waals surface area contributed by atoms with Crippen molar-refractivity contribution in [1.29, 1.82) is 0 Å². The first-order valence-corrected chi connectivity index (χ1v) is 3.77. The molecule has 0 fully saturated rings. The van der Waals surface area contributed by atoms with Crippen molar-refractivity contribution in [3.8, 4) is 17.2 Å². The van der Waals surface area contributed by atoms with Gasteiger partial charge in [-0.05, 0) is 17.7 Å². The van der Waals surface area contributed by atoms with E-state index in [0.29, 0.717) is 11.3 Å². The van der Waals surface area contributed by atoms with E-state index in [1.807, 2.05) is 0 Å². The minimum absolute atomic E-state index is 0.0362. The summed E-state index contributed by atoms with van der Waals surface area (Å²) in [5, 5.41) is 18.3. The van der Waals surface area contributed by atoms with Crippen molar-refractivity contribution in [3.05, 3.63) is 17.7 Å². The van der Waals surface area contributed by atoms with Crippen LogP contribution in [0.25, 0.3) is 0 Å². The molecule has 4 heteroatoms. The lowest BCUT2D eigenvalue weighted by Gasteiger charge is -2.10. The Hall–Kier alpha value is -1.42. The summed E-state index contributed by atoms with van der Waals surface area (Å²) < 4.78 is 9.87. The van der Waals surface area contributed by atoms with Crippen molar-refractivity contribution in [2.75, 3.05) is 14.2 Å². The smallest absolute Gasteiger partial charge is 0.203 e. The van der Waals surface area contributed by atoms with Gasteiger partial charge in [0, 0.05) is 0 Å². The Morgan fingerprint density at radius 3 is 2.38 bits per heavy atom. The second-order valence-electron chi connectivity index (χ2n) is 2.51. The molecule has 1 aromatic rings. The molecule has 0 aliphatic carbocycles. The van der Waals surface area contributed by atoms with E-state index in [1.54, 1.807) is 6.07 Å². The number of hydrogen-bond acceptors (Lipinski definition) is 4. The number of aliphatic hydroxyl groups excluding tert-OH is 1. The van der Waals surface area contributed by atoms with Gasteiger partial charge in [0.05, 0.1) is 20.8 Å². The summed E-state index contributed by atoms with van der Waals surface area (Å²) in [5.74, 6) is 0.650. The zero-order chi connectivity index (χ0) is 9.84. The van der Waals surface area contributed by atoms with Gasteiger partial charge in [-0.15, -0.1) is 0 Å². The van der Waals surface area contributed by atoms with Crippen molar-refractivity contribution < 1.29 is 19.7 Å². The highest BCUT2D eigenvalue weighted by atomic mass is 16.5. The molecule has 0 saturated carbocycles. The van der Waals surface area contributed by atoms with Crippen LogP contribution in [-0.4, -0.2) is 24.4 Å². The summed E-state index contributed by atoms with van der Waals surface area (Å²) in [4.78, 5) is 0. The zero-order valence-corrected chi connectivity index (χ0v) is 7.57. The third-order valence-corrected chi connectivity index (χ3v) is 1.70. The monoisotopic (exact) mass is 184 g/mol. The number of hydrogen-bond donors (Lipinski definition) is 2. The number of rotatable bonds is 3. The van der Waals surface area contributed by atoms with Crippen molar-refractivity contribution in [1.82, 2.24) is 0 Å². The number of phenols is 1. The third kappa shape index (κ3) is 1.84. The molecule has 0 aliphatic heterocycles. The van der Waals surface area contributed by atoms with E-state index in [1.165, 1.54) is 20.3 Å². The average Bonchev–Trinajstić information content (AvgIpc) is 2.16. The Bertz CT molecular complexity index is 296. The lowest BCUT2D eigenvalue weighted by Crippen LogP contribution is -1.93. The summed E-state index contributed by atoms with van der Waals surface area (Å²) in [7, 11) is 2.91. The molecule has 0 amide bonds. The number of aliphatic hydroxyl groups is 1. The first kappa shape index (κ1) is 9.67.